The summed E-state index contributed by atoms with van der Waals surface area (Å²) in [4.78, 5) is 4.53. The van der Waals surface area contributed by atoms with E-state index < -0.39 is 0 Å². The van der Waals surface area contributed by atoms with Crippen molar-refractivity contribution in [2.75, 3.05) is 6.54 Å². The van der Waals surface area contributed by atoms with Gasteiger partial charge >= 0.3 is 0 Å². The Morgan fingerprint density at radius 2 is 2.20 bits per heavy atom. The molecule has 20 heavy (non-hydrogen) atoms. The minimum atomic E-state index is 0.319. The number of rotatable bonds is 6. The number of fused-ring (bicyclic) bond motifs is 1. The molecule has 0 aliphatic rings. The Kier molecular flexibility index (Phi) is 4.54. The molecule has 0 aliphatic carbocycles. The number of imidazole rings is 1. The van der Waals surface area contributed by atoms with E-state index in [0.29, 0.717) is 19.0 Å². The van der Waals surface area contributed by atoms with E-state index in [1.807, 2.05) is 24.3 Å². The molecule has 0 radical (unpaired) electrons. The minimum Gasteiger partial charge on any atom is -0.323 e. The second-order valence-electron chi connectivity index (χ2n) is 5.22. The van der Waals surface area contributed by atoms with Gasteiger partial charge in [-0.2, -0.15) is 5.26 Å². The van der Waals surface area contributed by atoms with Crippen molar-refractivity contribution in [3.8, 4) is 6.07 Å². The summed E-state index contributed by atoms with van der Waals surface area (Å²) < 4.78 is 2.09. The Bertz CT molecular complexity index is 646. The van der Waals surface area contributed by atoms with Crippen molar-refractivity contribution in [1.82, 2.24) is 14.9 Å². The van der Waals surface area contributed by atoms with Crippen LogP contribution >= 0.6 is 0 Å². The standard InChI is InChI=1S/C16H20N4/c1-12(2)18-10-13(3)11-20-15-7-5-4-6-14(15)19-16(20)8-9-17/h4-7,12,18H,3,8,10-11H2,1-2H3. The highest BCUT2D eigenvalue weighted by Gasteiger charge is 2.10. The number of aromatic nitrogens is 2. The van der Waals surface area contributed by atoms with Gasteiger partial charge in [0.15, 0.2) is 0 Å². The lowest BCUT2D eigenvalue weighted by Crippen LogP contribution is -2.26. The molecule has 0 spiro atoms. The average Bonchev–Trinajstić information content (AvgIpc) is 2.75. The lowest BCUT2D eigenvalue weighted by atomic mass is 10.2. The fourth-order valence-electron chi connectivity index (χ4n) is 2.14. The van der Waals surface area contributed by atoms with E-state index in [9.17, 15) is 0 Å². The first-order chi connectivity index (χ1) is 9.61. The molecule has 4 nitrogen and oxygen atoms in total. The van der Waals surface area contributed by atoms with E-state index in [-0.39, 0.29) is 0 Å². The molecule has 104 valence electrons. The molecule has 0 bridgehead atoms. The summed E-state index contributed by atoms with van der Waals surface area (Å²) in [6.07, 6.45) is 0.319. The molecule has 0 aliphatic heterocycles. The van der Waals surface area contributed by atoms with E-state index in [2.05, 4.69) is 41.4 Å². The van der Waals surface area contributed by atoms with E-state index >= 15 is 0 Å². The van der Waals surface area contributed by atoms with Gasteiger partial charge < -0.3 is 9.88 Å². The third-order valence-corrected chi connectivity index (χ3v) is 3.11. The van der Waals surface area contributed by atoms with Crippen LogP contribution in [0.15, 0.2) is 36.4 Å². The maximum absolute atomic E-state index is 8.94. The molecular formula is C16H20N4. The van der Waals surface area contributed by atoms with Gasteiger partial charge in [-0.15, -0.1) is 0 Å². The fraction of sp³-hybridized carbons (Fsp3) is 0.375. The molecular weight excluding hydrogens is 248 g/mol. The zero-order valence-corrected chi connectivity index (χ0v) is 12.1. The van der Waals surface area contributed by atoms with Gasteiger partial charge in [0.05, 0.1) is 23.5 Å². The number of hydrogen-bond donors (Lipinski definition) is 1. The van der Waals surface area contributed by atoms with E-state index in [1.165, 1.54) is 0 Å². The minimum absolute atomic E-state index is 0.319. The highest BCUT2D eigenvalue weighted by molar-refractivity contribution is 5.76. The molecule has 0 unspecified atom stereocenters. The molecule has 2 rings (SSSR count). The lowest BCUT2D eigenvalue weighted by molar-refractivity contribution is 0.602. The molecule has 0 fully saturated rings. The molecule has 1 heterocycles. The van der Waals surface area contributed by atoms with Crippen molar-refractivity contribution in [3.63, 3.8) is 0 Å². The monoisotopic (exact) mass is 268 g/mol. The Morgan fingerprint density at radius 1 is 1.45 bits per heavy atom. The van der Waals surface area contributed by atoms with Crippen LogP contribution in [0.4, 0.5) is 0 Å². The Morgan fingerprint density at radius 3 is 2.90 bits per heavy atom. The van der Waals surface area contributed by atoms with Crippen LogP contribution < -0.4 is 5.32 Å². The van der Waals surface area contributed by atoms with Crippen molar-refractivity contribution in [2.24, 2.45) is 0 Å². The van der Waals surface area contributed by atoms with Gasteiger partial charge in [-0.3, -0.25) is 0 Å². The largest absolute Gasteiger partial charge is 0.323 e. The molecule has 0 amide bonds. The number of benzene rings is 1. The summed E-state index contributed by atoms with van der Waals surface area (Å²) in [5, 5.41) is 12.3. The van der Waals surface area contributed by atoms with E-state index in [4.69, 9.17) is 5.26 Å². The third kappa shape index (κ3) is 3.25. The Labute approximate surface area is 119 Å². The van der Waals surface area contributed by atoms with Crippen LogP contribution in [-0.2, 0) is 13.0 Å². The van der Waals surface area contributed by atoms with Crippen LogP contribution in [0.25, 0.3) is 11.0 Å². The molecule has 0 saturated heterocycles. The van der Waals surface area contributed by atoms with Gasteiger partial charge in [0.2, 0.25) is 0 Å². The second-order valence-corrected chi connectivity index (χ2v) is 5.22. The zero-order chi connectivity index (χ0) is 14.5. The average molecular weight is 268 g/mol. The first-order valence-corrected chi connectivity index (χ1v) is 6.83. The van der Waals surface area contributed by atoms with Crippen LogP contribution in [0, 0.1) is 11.3 Å². The van der Waals surface area contributed by atoms with Crippen molar-refractivity contribution < 1.29 is 0 Å². The molecule has 2 aromatic rings. The first kappa shape index (κ1) is 14.3. The first-order valence-electron chi connectivity index (χ1n) is 6.83. The van der Waals surface area contributed by atoms with Gasteiger partial charge in [-0.25, -0.2) is 4.98 Å². The van der Waals surface area contributed by atoms with Gasteiger partial charge in [0.25, 0.3) is 0 Å². The SMILES string of the molecule is C=C(CNC(C)C)Cn1c(CC#N)nc2ccccc21. The molecule has 1 N–H and O–H groups in total. The number of para-hydroxylation sites is 2. The van der Waals surface area contributed by atoms with Crippen molar-refractivity contribution in [1.29, 1.82) is 5.26 Å². The summed E-state index contributed by atoms with van der Waals surface area (Å²) in [7, 11) is 0. The summed E-state index contributed by atoms with van der Waals surface area (Å²) in [5.41, 5.74) is 3.08. The number of hydrogen-bond acceptors (Lipinski definition) is 3. The molecule has 1 aromatic heterocycles. The normalized spacial score (nSPS) is 10.9. The zero-order valence-electron chi connectivity index (χ0n) is 12.1. The highest BCUT2D eigenvalue weighted by atomic mass is 15.1. The van der Waals surface area contributed by atoms with E-state index in [0.717, 1.165) is 29.0 Å². The van der Waals surface area contributed by atoms with Crippen LogP contribution in [0.3, 0.4) is 0 Å². The summed E-state index contributed by atoms with van der Waals surface area (Å²) in [5.74, 6) is 0.805. The van der Waals surface area contributed by atoms with Gasteiger partial charge in [0, 0.05) is 19.1 Å². The lowest BCUT2D eigenvalue weighted by Gasteiger charge is -2.13. The quantitative estimate of drug-likeness (QED) is 0.819. The molecule has 4 heteroatoms. The van der Waals surface area contributed by atoms with Crippen LogP contribution in [0.2, 0.25) is 0 Å². The number of nitrogens with one attached hydrogen (secondary N) is 1. The van der Waals surface area contributed by atoms with E-state index in [1.54, 1.807) is 0 Å². The van der Waals surface area contributed by atoms with Crippen molar-refractivity contribution in [3.05, 3.63) is 42.2 Å². The summed E-state index contributed by atoms with van der Waals surface area (Å²) >= 11 is 0. The smallest absolute Gasteiger partial charge is 0.124 e. The van der Waals surface area contributed by atoms with Gasteiger partial charge in [0.1, 0.15) is 5.82 Å². The summed E-state index contributed by atoms with van der Waals surface area (Å²) in [6, 6.07) is 10.6. The van der Waals surface area contributed by atoms with Crippen LogP contribution in [0.1, 0.15) is 19.7 Å². The predicted octanol–water partition coefficient (Wildman–Crippen LogP) is 2.66. The fourth-order valence-corrected chi connectivity index (χ4v) is 2.14. The van der Waals surface area contributed by atoms with Crippen LogP contribution in [0.5, 0.6) is 0 Å². The predicted molar refractivity (Wildman–Crippen MR) is 81.3 cm³/mol. The van der Waals surface area contributed by atoms with Crippen LogP contribution in [-0.4, -0.2) is 22.1 Å². The van der Waals surface area contributed by atoms with Gasteiger partial charge in [-0.1, -0.05) is 32.6 Å². The molecule has 1 aromatic carbocycles. The highest BCUT2D eigenvalue weighted by Crippen LogP contribution is 2.17. The van der Waals surface area contributed by atoms with Crippen molar-refractivity contribution >= 4 is 11.0 Å². The molecule has 0 atom stereocenters. The second kappa shape index (κ2) is 6.36. The number of nitrogens with zero attached hydrogens (tertiary/aromatic N) is 3. The van der Waals surface area contributed by atoms with Crippen molar-refractivity contribution in [2.45, 2.75) is 32.9 Å². The maximum Gasteiger partial charge on any atom is 0.124 e. The number of nitriles is 1. The summed E-state index contributed by atoms with van der Waals surface area (Å²) in [6.45, 7) is 9.81. The topological polar surface area (TPSA) is 53.6 Å². The Balaban J connectivity index is 2.25. The third-order valence-electron chi connectivity index (χ3n) is 3.11. The van der Waals surface area contributed by atoms with Gasteiger partial charge in [-0.05, 0) is 17.7 Å². The Hall–Kier alpha value is -2.12. The maximum atomic E-state index is 8.94. The molecule has 0 saturated carbocycles.